The molecule has 1 aromatic carbocycles. The molecule has 1 aromatic rings. The average molecular weight is 465 g/mol. The van der Waals surface area contributed by atoms with Gasteiger partial charge in [-0.25, -0.2) is 0 Å². The van der Waals surface area contributed by atoms with E-state index in [0.29, 0.717) is 24.4 Å². The predicted octanol–water partition coefficient (Wildman–Crippen LogP) is 2.67. The summed E-state index contributed by atoms with van der Waals surface area (Å²) in [6.07, 6.45) is 6.95. The van der Waals surface area contributed by atoms with Gasteiger partial charge in [0, 0.05) is 24.6 Å². The molecule has 0 unspecified atom stereocenters. The van der Waals surface area contributed by atoms with E-state index in [1.54, 1.807) is 11.0 Å². The summed E-state index contributed by atoms with van der Waals surface area (Å²) in [7, 11) is 0. The van der Waals surface area contributed by atoms with E-state index in [1.807, 2.05) is 19.1 Å². The number of imide groups is 1. The maximum Gasteiger partial charge on any atom is 0.255 e. The lowest BCUT2D eigenvalue weighted by Crippen LogP contribution is -2.52. The van der Waals surface area contributed by atoms with E-state index in [9.17, 15) is 19.6 Å². The zero-order chi connectivity index (χ0) is 23.9. The van der Waals surface area contributed by atoms with Gasteiger partial charge in [0.2, 0.25) is 11.8 Å². The molecule has 1 saturated heterocycles. The van der Waals surface area contributed by atoms with E-state index in [-0.39, 0.29) is 35.8 Å². The van der Waals surface area contributed by atoms with Crippen LogP contribution in [0.15, 0.2) is 18.2 Å². The Balaban J connectivity index is 1.21. The molecule has 2 saturated carbocycles. The third kappa shape index (κ3) is 4.41. The minimum atomic E-state index is -0.608. The summed E-state index contributed by atoms with van der Waals surface area (Å²) in [5, 5.41) is 15.3. The van der Waals surface area contributed by atoms with Crippen LogP contribution in [0, 0.1) is 22.7 Å². The van der Waals surface area contributed by atoms with Gasteiger partial charge in [0.1, 0.15) is 17.9 Å². The van der Waals surface area contributed by atoms with Gasteiger partial charge in [0.05, 0.1) is 11.5 Å². The molecule has 34 heavy (non-hydrogen) atoms. The first-order valence-electron chi connectivity index (χ1n) is 12.4. The van der Waals surface area contributed by atoms with Gasteiger partial charge in [-0.15, -0.1) is 0 Å². The van der Waals surface area contributed by atoms with Crippen molar-refractivity contribution in [1.82, 2.24) is 15.5 Å². The van der Waals surface area contributed by atoms with Gasteiger partial charge in [0.25, 0.3) is 5.91 Å². The normalized spacial score (nSPS) is 33.1. The van der Waals surface area contributed by atoms with Crippen molar-refractivity contribution in [2.45, 2.75) is 83.0 Å². The molecule has 180 valence electrons. The Hall–Kier alpha value is -2.92. The van der Waals surface area contributed by atoms with Crippen molar-refractivity contribution in [1.29, 1.82) is 5.26 Å². The van der Waals surface area contributed by atoms with Gasteiger partial charge in [-0.1, -0.05) is 6.42 Å². The molecule has 2 N–H and O–H groups in total. The van der Waals surface area contributed by atoms with E-state index in [0.717, 1.165) is 50.0 Å². The maximum absolute atomic E-state index is 12.9. The average Bonchev–Trinajstić information content (AvgIpc) is 3.12. The zero-order valence-corrected chi connectivity index (χ0v) is 19.6. The molecular weight excluding hydrogens is 432 g/mol. The van der Waals surface area contributed by atoms with Gasteiger partial charge in [0.15, 0.2) is 0 Å². The summed E-state index contributed by atoms with van der Waals surface area (Å²) in [4.78, 5) is 38.2. The van der Waals surface area contributed by atoms with E-state index in [4.69, 9.17) is 4.74 Å². The summed E-state index contributed by atoms with van der Waals surface area (Å²) >= 11 is 0. The lowest BCUT2D eigenvalue weighted by atomic mass is 9.64. The first-order valence-corrected chi connectivity index (χ1v) is 12.4. The zero-order valence-electron chi connectivity index (χ0n) is 19.6. The number of ether oxygens (including phenoxy) is 1. The molecule has 0 spiro atoms. The van der Waals surface area contributed by atoms with E-state index < -0.39 is 11.9 Å². The fraction of sp³-hybridized carbons (Fsp3) is 0.615. The molecule has 3 amide bonds. The van der Waals surface area contributed by atoms with Gasteiger partial charge in [-0.3, -0.25) is 19.7 Å². The first-order chi connectivity index (χ1) is 16.3. The number of fused-ring (bicyclic) bond motifs is 1. The number of amides is 3. The topological polar surface area (TPSA) is 112 Å². The van der Waals surface area contributed by atoms with Gasteiger partial charge < -0.3 is 15.0 Å². The van der Waals surface area contributed by atoms with Crippen molar-refractivity contribution in [2.24, 2.45) is 11.3 Å². The Morgan fingerprint density at radius 2 is 2.00 bits per heavy atom. The minimum absolute atomic E-state index is 0.0672. The molecule has 3 fully saturated rings. The highest BCUT2D eigenvalue weighted by molar-refractivity contribution is 6.05. The fourth-order valence-corrected chi connectivity index (χ4v) is 6.04. The second-order valence-electron chi connectivity index (χ2n) is 10.6. The highest BCUT2D eigenvalue weighted by atomic mass is 16.5. The van der Waals surface area contributed by atoms with Crippen molar-refractivity contribution in [3.05, 3.63) is 29.3 Å². The number of rotatable bonds is 6. The highest BCUT2D eigenvalue weighted by Gasteiger charge is 2.41. The highest BCUT2D eigenvalue weighted by Crippen LogP contribution is 2.44. The number of nitrogens with one attached hydrogen (secondary N) is 2. The Morgan fingerprint density at radius 1 is 1.21 bits per heavy atom. The van der Waals surface area contributed by atoms with Crippen molar-refractivity contribution in [3.63, 3.8) is 0 Å². The molecule has 0 radical (unpaired) electrons. The Kier molecular flexibility index (Phi) is 6.07. The summed E-state index contributed by atoms with van der Waals surface area (Å²) < 4.78 is 6.42. The molecule has 2 aliphatic heterocycles. The molecule has 8 heteroatoms. The van der Waals surface area contributed by atoms with Crippen molar-refractivity contribution in [3.8, 4) is 11.8 Å². The molecule has 2 aliphatic carbocycles. The number of nitriles is 1. The van der Waals surface area contributed by atoms with Gasteiger partial charge in [-0.05, 0) is 81.7 Å². The number of benzene rings is 1. The quantitative estimate of drug-likeness (QED) is 0.626. The summed E-state index contributed by atoms with van der Waals surface area (Å²) in [6.45, 7) is 3.31. The molecule has 5 rings (SSSR count). The minimum Gasteiger partial charge on any atom is -0.489 e. The molecule has 0 aromatic heterocycles. The number of carbonyl (C=O) groups excluding carboxylic acids is 3. The Labute approximate surface area is 200 Å². The monoisotopic (exact) mass is 464 g/mol. The summed E-state index contributed by atoms with van der Waals surface area (Å²) in [6, 6.07) is 7.66. The molecule has 4 aliphatic rings. The smallest absolute Gasteiger partial charge is 0.255 e. The number of hydrogen-bond acceptors (Lipinski definition) is 6. The summed E-state index contributed by atoms with van der Waals surface area (Å²) in [5.74, 6) is 0.449. The van der Waals surface area contributed by atoms with Gasteiger partial charge in [-0.2, -0.15) is 5.26 Å². The van der Waals surface area contributed by atoms with E-state index in [1.165, 1.54) is 6.42 Å². The summed E-state index contributed by atoms with van der Waals surface area (Å²) in [5.41, 5.74) is 1.30. The standard InChI is InChI=1S/C26H32N4O4/c1-26(15-27)11-16(12-26)13-28-20-4-2-3-5-22(20)34-18-6-7-19-17(10-18)14-30(25(19)33)21-8-9-23(31)29-24(21)32/h6-7,10,16,20-22,28H,2-5,8-9,11-14H2,1H3,(H,29,31,32)/t16?,20-,21+,22+,26?/m1/s1. The van der Waals surface area contributed by atoms with Crippen LogP contribution in [0.3, 0.4) is 0 Å². The molecular formula is C26H32N4O4. The number of hydrogen-bond donors (Lipinski definition) is 2. The molecule has 0 bridgehead atoms. The van der Waals surface area contributed by atoms with E-state index >= 15 is 0 Å². The van der Waals surface area contributed by atoms with Crippen LogP contribution in [0.1, 0.15) is 74.2 Å². The molecule has 3 atom stereocenters. The largest absolute Gasteiger partial charge is 0.489 e. The number of nitrogens with zero attached hydrogens (tertiary/aromatic N) is 2. The van der Waals surface area contributed by atoms with Crippen LogP contribution in [-0.2, 0) is 16.1 Å². The third-order valence-corrected chi connectivity index (χ3v) is 7.90. The molecule has 2 heterocycles. The number of carbonyl (C=O) groups is 3. The van der Waals surface area contributed by atoms with Crippen LogP contribution in [-0.4, -0.2) is 47.4 Å². The van der Waals surface area contributed by atoms with Crippen LogP contribution >= 0.6 is 0 Å². The lowest BCUT2D eigenvalue weighted by Gasteiger charge is -2.41. The Morgan fingerprint density at radius 3 is 2.76 bits per heavy atom. The van der Waals surface area contributed by atoms with Gasteiger partial charge >= 0.3 is 0 Å². The van der Waals surface area contributed by atoms with Crippen molar-refractivity contribution < 1.29 is 19.1 Å². The van der Waals surface area contributed by atoms with Crippen LogP contribution in [0.2, 0.25) is 0 Å². The van der Waals surface area contributed by atoms with Crippen molar-refractivity contribution in [2.75, 3.05) is 6.54 Å². The second-order valence-corrected chi connectivity index (χ2v) is 10.6. The van der Waals surface area contributed by atoms with Crippen molar-refractivity contribution >= 4 is 17.7 Å². The SMILES string of the molecule is CC1(C#N)CC(CN[C@@H]2CCCC[C@@H]2Oc2ccc3c(c2)CN([C@H]2CCC(=O)NC2=O)C3=O)C1. The van der Waals surface area contributed by atoms with Crippen LogP contribution in [0.25, 0.3) is 0 Å². The number of piperidine rings is 1. The van der Waals surface area contributed by atoms with Crippen LogP contribution in [0.4, 0.5) is 0 Å². The molecule has 8 nitrogen and oxygen atoms in total. The third-order valence-electron chi connectivity index (χ3n) is 7.90. The lowest BCUT2D eigenvalue weighted by molar-refractivity contribution is -0.136. The van der Waals surface area contributed by atoms with Crippen LogP contribution in [0.5, 0.6) is 5.75 Å². The van der Waals surface area contributed by atoms with E-state index in [2.05, 4.69) is 16.7 Å². The fourth-order valence-electron chi connectivity index (χ4n) is 6.04. The predicted molar refractivity (Wildman–Crippen MR) is 124 cm³/mol. The van der Waals surface area contributed by atoms with Crippen LogP contribution < -0.4 is 15.4 Å². The first kappa shape index (κ1) is 22.9. The second kappa shape index (κ2) is 9.03. The maximum atomic E-state index is 12.9. The Bertz CT molecular complexity index is 1040.